The van der Waals surface area contributed by atoms with Gasteiger partial charge in [-0.2, -0.15) is 11.8 Å². The number of hydrogen-bond acceptors (Lipinski definition) is 4. The molecular weight excluding hydrogens is 224 g/mol. The van der Waals surface area contributed by atoms with Crippen LogP contribution in [0, 0.1) is 0 Å². The molecule has 0 aliphatic carbocycles. The molecule has 2 nitrogen and oxygen atoms in total. The normalized spacial score (nSPS) is 11.2. The first-order valence-corrected chi connectivity index (χ1v) is 7.27. The van der Waals surface area contributed by atoms with Crippen molar-refractivity contribution < 1.29 is 0 Å². The summed E-state index contributed by atoms with van der Waals surface area (Å²) in [5.74, 6) is 2.17. The minimum Gasteiger partial charge on any atom is -0.330 e. The molecule has 0 aromatic carbocycles. The molecule has 0 saturated carbocycles. The van der Waals surface area contributed by atoms with Crippen molar-refractivity contribution in [1.29, 1.82) is 0 Å². The van der Waals surface area contributed by atoms with Gasteiger partial charge >= 0.3 is 0 Å². The molecule has 0 amide bonds. The zero-order valence-corrected chi connectivity index (χ0v) is 11.2. The first-order chi connectivity index (χ1) is 7.26. The van der Waals surface area contributed by atoms with E-state index in [0.29, 0.717) is 0 Å². The topological polar surface area (TPSA) is 29.3 Å². The largest absolute Gasteiger partial charge is 0.330 e. The molecule has 0 bridgehead atoms. The van der Waals surface area contributed by atoms with E-state index in [1.54, 1.807) is 0 Å². The number of nitrogens with two attached hydrogens (primary N) is 1. The molecule has 0 fully saturated rings. The van der Waals surface area contributed by atoms with Crippen molar-refractivity contribution in [3.05, 3.63) is 21.9 Å². The maximum atomic E-state index is 5.46. The highest BCUT2D eigenvalue weighted by Gasteiger charge is 2.02. The van der Waals surface area contributed by atoms with E-state index >= 15 is 0 Å². The predicted molar refractivity (Wildman–Crippen MR) is 71.5 cm³/mol. The smallest absolute Gasteiger partial charge is 0.0324 e. The molecule has 15 heavy (non-hydrogen) atoms. The third kappa shape index (κ3) is 5.02. The van der Waals surface area contributed by atoms with E-state index in [-0.39, 0.29) is 0 Å². The lowest BCUT2D eigenvalue weighted by Gasteiger charge is -2.11. The summed E-state index contributed by atoms with van der Waals surface area (Å²) in [6, 6.07) is 4.49. The Labute approximate surface area is 101 Å². The lowest BCUT2D eigenvalue weighted by Crippen LogP contribution is -2.15. The Morgan fingerprint density at radius 1 is 1.40 bits per heavy atom. The molecular formula is C11H20N2S2. The van der Waals surface area contributed by atoms with Gasteiger partial charge in [-0.05, 0) is 25.7 Å². The highest BCUT2D eigenvalue weighted by molar-refractivity contribution is 7.98. The Kier molecular flexibility index (Phi) is 6.32. The molecule has 1 aromatic heterocycles. The van der Waals surface area contributed by atoms with E-state index in [4.69, 9.17) is 5.73 Å². The Bertz CT molecular complexity index is 273. The van der Waals surface area contributed by atoms with Gasteiger partial charge in [-0.3, -0.25) is 0 Å². The predicted octanol–water partition coefficient (Wildman–Crippen LogP) is 2.39. The molecule has 2 N–H and O–H groups in total. The van der Waals surface area contributed by atoms with Gasteiger partial charge in [0, 0.05) is 34.3 Å². The second-order valence-electron chi connectivity index (χ2n) is 3.54. The minimum absolute atomic E-state index is 0.779. The van der Waals surface area contributed by atoms with Gasteiger partial charge in [0.1, 0.15) is 0 Å². The van der Waals surface area contributed by atoms with Crippen LogP contribution in [-0.4, -0.2) is 30.8 Å². The summed E-state index contributed by atoms with van der Waals surface area (Å²) >= 11 is 3.84. The van der Waals surface area contributed by atoms with Crippen molar-refractivity contribution >= 4 is 23.1 Å². The summed E-state index contributed by atoms with van der Waals surface area (Å²) in [6.45, 7) is 5.14. The molecule has 86 valence electrons. The third-order valence-electron chi connectivity index (χ3n) is 2.19. The number of thioether (sulfide) groups is 1. The van der Waals surface area contributed by atoms with E-state index in [1.165, 1.54) is 9.75 Å². The van der Waals surface area contributed by atoms with Crippen LogP contribution in [0.4, 0.5) is 0 Å². The first-order valence-electron chi connectivity index (χ1n) is 5.30. The van der Waals surface area contributed by atoms with Gasteiger partial charge in [0.15, 0.2) is 0 Å². The average Bonchev–Trinajstić information content (AvgIpc) is 2.66. The maximum absolute atomic E-state index is 5.46. The number of rotatable bonds is 7. The van der Waals surface area contributed by atoms with Crippen LogP contribution in [0.15, 0.2) is 12.1 Å². The van der Waals surface area contributed by atoms with E-state index in [0.717, 1.165) is 31.1 Å². The molecule has 1 aromatic rings. The summed E-state index contributed by atoms with van der Waals surface area (Å²) in [7, 11) is 2.16. The second-order valence-corrected chi connectivity index (χ2v) is 5.90. The van der Waals surface area contributed by atoms with Gasteiger partial charge in [0.2, 0.25) is 0 Å². The van der Waals surface area contributed by atoms with Crippen molar-refractivity contribution in [3.63, 3.8) is 0 Å². The van der Waals surface area contributed by atoms with Crippen molar-refractivity contribution in [2.45, 2.75) is 19.2 Å². The van der Waals surface area contributed by atoms with Crippen LogP contribution in [-0.2, 0) is 12.3 Å². The van der Waals surface area contributed by atoms with Crippen LogP contribution < -0.4 is 5.73 Å². The van der Waals surface area contributed by atoms with E-state index in [9.17, 15) is 0 Å². The number of nitrogens with zero attached hydrogens (tertiary/aromatic N) is 1. The molecule has 0 spiro atoms. The highest BCUT2D eigenvalue weighted by atomic mass is 32.2. The van der Waals surface area contributed by atoms with Crippen LogP contribution >= 0.6 is 23.1 Å². The van der Waals surface area contributed by atoms with Crippen molar-refractivity contribution in [2.24, 2.45) is 5.73 Å². The summed E-state index contributed by atoms with van der Waals surface area (Å²) in [4.78, 5) is 5.25. The van der Waals surface area contributed by atoms with Crippen molar-refractivity contribution in [2.75, 3.05) is 25.9 Å². The molecule has 1 heterocycles. The minimum atomic E-state index is 0.779. The third-order valence-corrected chi connectivity index (χ3v) is 4.48. The summed E-state index contributed by atoms with van der Waals surface area (Å²) in [5.41, 5.74) is 5.46. The van der Waals surface area contributed by atoms with Crippen LogP contribution in [0.2, 0.25) is 0 Å². The van der Waals surface area contributed by atoms with Crippen LogP contribution in [0.25, 0.3) is 0 Å². The summed E-state index contributed by atoms with van der Waals surface area (Å²) < 4.78 is 0. The fourth-order valence-corrected chi connectivity index (χ4v) is 3.21. The number of thiophene rings is 1. The Balaban J connectivity index is 2.35. The molecule has 0 saturated heterocycles. The van der Waals surface area contributed by atoms with Crippen molar-refractivity contribution in [3.8, 4) is 0 Å². The van der Waals surface area contributed by atoms with Gasteiger partial charge in [0.25, 0.3) is 0 Å². The molecule has 0 atom stereocenters. The molecule has 0 aliphatic heterocycles. The Morgan fingerprint density at radius 3 is 2.80 bits per heavy atom. The van der Waals surface area contributed by atoms with E-state index < -0.39 is 0 Å². The SMILES string of the molecule is CCN(C)Cc1ccc(CSCCN)s1. The van der Waals surface area contributed by atoms with Crippen molar-refractivity contribution in [1.82, 2.24) is 4.90 Å². The van der Waals surface area contributed by atoms with Crippen LogP contribution in [0.3, 0.4) is 0 Å². The molecule has 0 radical (unpaired) electrons. The van der Waals surface area contributed by atoms with Gasteiger partial charge in [-0.15, -0.1) is 11.3 Å². The zero-order chi connectivity index (χ0) is 11.1. The number of hydrogen-bond donors (Lipinski definition) is 1. The van der Waals surface area contributed by atoms with E-state index in [1.807, 2.05) is 23.1 Å². The molecule has 0 unspecified atom stereocenters. The van der Waals surface area contributed by atoms with Gasteiger partial charge in [0.05, 0.1) is 0 Å². The molecule has 1 rings (SSSR count). The standard InChI is InChI=1S/C11H20N2S2/c1-3-13(2)8-10-4-5-11(15-10)9-14-7-6-12/h4-5H,3,6-9,12H2,1-2H3. The fourth-order valence-electron chi connectivity index (χ4n) is 1.22. The quantitative estimate of drug-likeness (QED) is 0.747. The van der Waals surface area contributed by atoms with Gasteiger partial charge < -0.3 is 10.6 Å². The Morgan fingerprint density at radius 2 is 2.13 bits per heavy atom. The zero-order valence-electron chi connectivity index (χ0n) is 9.53. The van der Waals surface area contributed by atoms with Gasteiger partial charge in [-0.1, -0.05) is 6.92 Å². The monoisotopic (exact) mass is 244 g/mol. The second kappa shape index (κ2) is 7.28. The highest BCUT2D eigenvalue weighted by Crippen LogP contribution is 2.22. The van der Waals surface area contributed by atoms with Crippen LogP contribution in [0.5, 0.6) is 0 Å². The average molecular weight is 244 g/mol. The first kappa shape index (κ1) is 13.0. The van der Waals surface area contributed by atoms with Gasteiger partial charge in [-0.25, -0.2) is 0 Å². The fraction of sp³-hybridized carbons (Fsp3) is 0.636. The molecule has 0 aliphatic rings. The maximum Gasteiger partial charge on any atom is 0.0324 e. The lowest BCUT2D eigenvalue weighted by molar-refractivity contribution is 0.349. The summed E-state index contributed by atoms with van der Waals surface area (Å²) in [5, 5.41) is 0. The van der Waals surface area contributed by atoms with Crippen LogP contribution in [0.1, 0.15) is 16.7 Å². The summed E-state index contributed by atoms with van der Waals surface area (Å²) in [6.07, 6.45) is 0. The molecule has 4 heteroatoms. The lowest BCUT2D eigenvalue weighted by atomic mass is 10.4. The Hall–Kier alpha value is -0.0300. The van der Waals surface area contributed by atoms with E-state index in [2.05, 4.69) is 31.0 Å².